The van der Waals surface area contributed by atoms with Crippen molar-refractivity contribution in [3.05, 3.63) is 44.3 Å². The number of thioether (sulfide) groups is 1. The Morgan fingerprint density at radius 1 is 1.42 bits per heavy atom. The van der Waals surface area contributed by atoms with Crippen molar-refractivity contribution in [1.82, 2.24) is 5.32 Å². The fourth-order valence-corrected chi connectivity index (χ4v) is 4.10. The van der Waals surface area contributed by atoms with Crippen LogP contribution in [0.5, 0.6) is 0 Å². The van der Waals surface area contributed by atoms with Crippen molar-refractivity contribution >= 4 is 35.0 Å². The summed E-state index contributed by atoms with van der Waals surface area (Å²) in [5.74, 6) is -1.31. The number of ether oxygens (including phenoxy) is 2. The summed E-state index contributed by atoms with van der Waals surface area (Å²) in [5, 5.41) is 15.1. The summed E-state index contributed by atoms with van der Waals surface area (Å²) in [6, 6.07) is 5.91. The Balaban J connectivity index is 2.48. The van der Waals surface area contributed by atoms with Crippen molar-refractivity contribution < 1.29 is 19.1 Å². The van der Waals surface area contributed by atoms with Crippen molar-refractivity contribution in [3.8, 4) is 6.07 Å². The van der Waals surface area contributed by atoms with E-state index in [1.807, 2.05) is 17.5 Å². The van der Waals surface area contributed by atoms with E-state index in [1.54, 1.807) is 6.92 Å². The first-order valence-corrected chi connectivity index (χ1v) is 8.83. The average Bonchev–Trinajstić information content (AvgIpc) is 3.12. The molecule has 0 spiro atoms. The van der Waals surface area contributed by atoms with Crippen LogP contribution in [0.3, 0.4) is 0 Å². The van der Waals surface area contributed by atoms with Crippen LogP contribution < -0.4 is 5.32 Å². The number of nitrogens with zero attached hydrogens (tertiary/aromatic N) is 1. The SMILES string of the molecule is COC(=O)CSC1=C(C#N)C(c2cccs2)C(C(=O)OC)=C(C)N1. The summed E-state index contributed by atoms with van der Waals surface area (Å²) < 4.78 is 9.52. The number of nitriles is 1. The summed E-state index contributed by atoms with van der Waals surface area (Å²) in [6.45, 7) is 1.75. The van der Waals surface area contributed by atoms with Gasteiger partial charge in [-0.3, -0.25) is 4.79 Å². The quantitative estimate of drug-likeness (QED) is 0.803. The van der Waals surface area contributed by atoms with E-state index < -0.39 is 11.9 Å². The zero-order chi connectivity index (χ0) is 17.7. The van der Waals surface area contributed by atoms with E-state index in [2.05, 4.69) is 16.1 Å². The monoisotopic (exact) mass is 364 g/mol. The molecule has 0 aliphatic carbocycles. The molecule has 6 nitrogen and oxygen atoms in total. The van der Waals surface area contributed by atoms with Crippen molar-refractivity contribution in [3.63, 3.8) is 0 Å². The molecule has 8 heteroatoms. The summed E-state index contributed by atoms with van der Waals surface area (Å²) in [4.78, 5) is 24.5. The van der Waals surface area contributed by atoms with Crippen LogP contribution in [0.25, 0.3) is 0 Å². The van der Waals surface area contributed by atoms with Gasteiger partial charge in [-0.25, -0.2) is 4.79 Å². The summed E-state index contributed by atoms with van der Waals surface area (Å²) >= 11 is 2.64. The molecule has 0 saturated carbocycles. The number of methoxy groups -OCH3 is 2. The molecule has 0 bridgehead atoms. The van der Waals surface area contributed by atoms with Gasteiger partial charge in [0, 0.05) is 10.6 Å². The van der Waals surface area contributed by atoms with E-state index in [0.717, 1.165) is 4.88 Å². The number of carbonyl (C=O) groups excluding carboxylic acids is 2. The van der Waals surface area contributed by atoms with Gasteiger partial charge in [0.2, 0.25) is 0 Å². The molecule has 0 radical (unpaired) electrons. The number of allylic oxidation sites excluding steroid dienone is 2. The van der Waals surface area contributed by atoms with E-state index in [9.17, 15) is 14.9 Å². The molecule has 1 atom stereocenters. The number of thiophene rings is 1. The Morgan fingerprint density at radius 3 is 2.71 bits per heavy atom. The molecule has 1 aliphatic rings. The molecule has 0 fully saturated rings. The highest BCUT2D eigenvalue weighted by Crippen LogP contribution is 2.42. The Morgan fingerprint density at radius 2 is 2.17 bits per heavy atom. The lowest BCUT2D eigenvalue weighted by Crippen LogP contribution is -2.28. The maximum absolute atomic E-state index is 12.2. The molecule has 0 aromatic carbocycles. The van der Waals surface area contributed by atoms with E-state index in [1.165, 1.54) is 37.3 Å². The van der Waals surface area contributed by atoms with Gasteiger partial charge in [0.15, 0.2) is 0 Å². The van der Waals surface area contributed by atoms with Crippen LogP contribution in [0.15, 0.2) is 39.4 Å². The molecule has 1 unspecified atom stereocenters. The van der Waals surface area contributed by atoms with E-state index in [4.69, 9.17) is 4.74 Å². The number of hydrogen-bond donors (Lipinski definition) is 1. The predicted octanol–water partition coefficient (Wildman–Crippen LogP) is 2.52. The van der Waals surface area contributed by atoms with Gasteiger partial charge in [0.1, 0.15) is 0 Å². The second-order valence-electron chi connectivity index (χ2n) is 4.82. The Hall–Kier alpha value is -2.24. The number of rotatable bonds is 5. The Labute approximate surface area is 148 Å². The van der Waals surface area contributed by atoms with Gasteiger partial charge in [-0.2, -0.15) is 5.26 Å². The second-order valence-corrected chi connectivity index (χ2v) is 6.79. The minimum absolute atomic E-state index is 0.0714. The highest BCUT2D eigenvalue weighted by atomic mass is 32.2. The van der Waals surface area contributed by atoms with Gasteiger partial charge < -0.3 is 14.8 Å². The molecule has 2 rings (SSSR count). The molecular formula is C16H16N2O4S2. The molecule has 1 aromatic rings. The van der Waals surface area contributed by atoms with Crippen molar-refractivity contribution in [2.75, 3.05) is 20.0 Å². The number of nitrogens with one attached hydrogen (secondary N) is 1. The standard InChI is InChI=1S/C16H16N2O4S2/c1-9-13(16(20)22-3)14(11-5-4-6-23-11)10(7-17)15(18-9)24-8-12(19)21-2/h4-6,14,18H,8H2,1-3H3. The van der Waals surface area contributed by atoms with Crippen LogP contribution in [0.1, 0.15) is 17.7 Å². The lowest BCUT2D eigenvalue weighted by atomic mass is 9.87. The fraction of sp³-hybridized carbons (Fsp3) is 0.312. The maximum Gasteiger partial charge on any atom is 0.336 e. The molecule has 1 aliphatic heterocycles. The first-order valence-electron chi connectivity index (χ1n) is 6.96. The summed E-state index contributed by atoms with van der Waals surface area (Å²) in [6.07, 6.45) is 0. The predicted molar refractivity (Wildman–Crippen MR) is 92.0 cm³/mol. The number of dihydropyridines is 1. The minimum Gasteiger partial charge on any atom is -0.468 e. The van der Waals surface area contributed by atoms with Gasteiger partial charge in [-0.15, -0.1) is 11.3 Å². The molecule has 24 heavy (non-hydrogen) atoms. The largest absolute Gasteiger partial charge is 0.468 e. The zero-order valence-corrected chi connectivity index (χ0v) is 15.0. The summed E-state index contributed by atoms with van der Waals surface area (Å²) in [7, 11) is 2.62. The second kappa shape index (κ2) is 8.04. The molecule has 2 heterocycles. The third-order valence-electron chi connectivity index (χ3n) is 3.44. The van der Waals surface area contributed by atoms with Crippen LogP contribution in [0.4, 0.5) is 0 Å². The molecule has 126 valence electrons. The smallest absolute Gasteiger partial charge is 0.336 e. The number of esters is 2. The van der Waals surface area contributed by atoms with Crippen molar-refractivity contribution in [2.45, 2.75) is 12.8 Å². The third-order valence-corrected chi connectivity index (χ3v) is 5.37. The lowest BCUT2D eigenvalue weighted by molar-refractivity contribution is -0.138. The Kier molecular flexibility index (Phi) is 6.06. The first-order chi connectivity index (χ1) is 11.5. The van der Waals surface area contributed by atoms with E-state index >= 15 is 0 Å². The van der Waals surface area contributed by atoms with Gasteiger partial charge in [0.25, 0.3) is 0 Å². The highest BCUT2D eigenvalue weighted by Gasteiger charge is 2.35. The van der Waals surface area contributed by atoms with Gasteiger partial charge in [0.05, 0.1) is 48.1 Å². The average molecular weight is 364 g/mol. The van der Waals surface area contributed by atoms with Gasteiger partial charge in [-0.05, 0) is 18.4 Å². The van der Waals surface area contributed by atoms with Crippen LogP contribution >= 0.6 is 23.1 Å². The highest BCUT2D eigenvalue weighted by molar-refractivity contribution is 8.03. The normalized spacial score (nSPS) is 17.2. The molecule has 1 aromatic heterocycles. The molecule has 1 N–H and O–H groups in total. The number of carbonyl (C=O) groups is 2. The van der Waals surface area contributed by atoms with Crippen molar-refractivity contribution in [1.29, 1.82) is 5.26 Å². The topological polar surface area (TPSA) is 88.4 Å². The first kappa shape index (κ1) is 18.1. The Bertz CT molecular complexity index is 745. The fourth-order valence-electron chi connectivity index (χ4n) is 2.34. The number of hydrogen-bond acceptors (Lipinski definition) is 8. The zero-order valence-electron chi connectivity index (χ0n) is 13.4. The van der Waals surface area contributed by atoms with Crippen LogP contribution in [-0.2, 0) is 19.1 Å². The molecule has 0 saturated heterocycles. The van der Waals surface area contributed by atoms with Crippen molar-refractivity contribution in [2.24, 2.45) is 0 Å². The third kappa shape index (κ3) is 3.63. The maximum atomic E-state index is 12.2. The van der Waals surface area contributed by atoms with Crippen LogP contribution in [-0.4, -0.2) is 31.9 Å². The lowest BCUT2D eigenvalue weighted by Gasteiger charge is -2.28. The molecular weight excluding hydrogens is 348 g/mol. The van der Waals surface area contributed by atoms with Crippen LogP contribution in [0, 0.1) is 11.3 Å². The van der Waals surface area contributed by atoms with E-state index in [-0.39, 0.29) is 11.7 Å². The van der Waals surface area contributed by atoms with Gasteiger partial charge in [-0.1, -0.05) is 17.8 Å². The van der Waals surface area contributed by atoms with Gasteiger partial charge >= 0.3 is 11.9 Å². The summed E-state index contributed by atoms with van der Waals surface area (Å²) in [5.41, 5.74) is 1.39. The molecule has 0 amide bonds. The minimum atomic E-state index is -0.510. The van der Waals surface area contributed by atoms with Crippen LogP contribution in [0.2, 0.25) is 0 Å². The van der Waals surface area contributed by atoms with E-state index in [0.29, 0.717) is 21.9 Å².